The van der Waals surface area contributed by atoms with Crippen LogP contribution in [0.2, 0.25) is 5.15 Å². The number of hydrogen-bond donors (Lipinski definition) is 2. The van der Waals surface area contributed by atoms with Gasteiger partial charge < -0.3 is 49.8 Å². The van der Waals surface area contributed by atoms with Crippen molar-refractivity contribution in [3.05, 3.63) is 80.4 Å². The van der Waals surface area contributed by atoms with Crippen LogP contribution in [0.4, 0.5) is 43.1 Å². The number of piperazine rings is 3. The Bertz CT molecular complexity index is 1990. The summed E-state index contributed by atoms with van der Waals surface area (Å²) in [6.07, 6.45) is 3.24. The molecule has 22 nitrogen and oxygen atoms in total. The lowest BCUT2D eigenvalue weighted by molar-refractivity contribution is -0.385. The largest absolute Gasteiger partial charge is 0.444 e. The molecule has 6 heterocycles. The molecule has 3 aliphatic heterocycles. The van der Waals surface area contributed by atoms with Gasteiger partial charge in [-0.05, 0) is 86.6 Å². The molecular weight excluding hydrogens is 880 g/mol. The lowest BCUT2D eigenvalue weighted by Crippen LogP contribution is -2.50. The van der Waals surface area contributed by atoms with E-state index in [2.05, 4.69) is 25.2 Å². The predicted molar refractivity (Wildman–Crippen MR) is 253 cm³/mol. The molecule has 0 radical (unpaired) electrons. The number of ether oxygens (including phenoxy) is 3. The number of carbonyl (C=O) groups excluding carboxylic acids is 3. The molecular formula is C43H67ClN12O10. The Labute approximate surface area is 392 Å². The lowest BCUT2D eigenvalue weighted by atomic mass is 10.2. The van der Waals surface area contributed by atoms with Gasteiger partial charge in [0.05, 0.1) is 21.7 Å². The highest BCUT2D eigenvalue weighted by molar-refractivity contribution is 6.29. The third-order valence-electron chi connectivity index (χ3n) is 8.92. The van der Waals surface area contributed by atoms with Gasteiger partial charge >= 0.3 is 18.3 Å². The van der Waals surface area contributed by atoms with E-state index < -0.39 is 21.0 Å². The van der Waals surface area contributed by atoms with Crippen LogP contribution in [0, 0.1) is 20.2 Å². The monoisotopic (exact) mass is 946 g/mol. The first-order chi connectivity index (χ1) is 30.3. The Morgan fingerprint density at radius 3 is 1.23 bits per heavy atom. The van der Waals surface area contributed by atoms with E-state index in [0.717, 1.165) is 51.3 Å². The summed E-state index contributed by atoms with van der Waals surface area (Å²) in [6, 6.07) is 9.47. The van der Waals surface area contributed by atoms with E-state index in [1.54, 1.807) is 27.0 Å². The zero-order valence-electron chi connectivity index (χ0n) is 38.7. The lowest BCUT2D eigenvalue weighted by Gasteiger charge is -2.36. The number of anilines is 3. The summed E-state index contributed by atoms with van der Waals surface area (Å²) in [6.45, 7) is 25.1. The quantitative estimate of drug-likeness (QED) is 0.117. The van der Waals surface area contributed by atoms with Crippen LogP contribution in [0.1, 0.15) is 69.7 Å². The first kappa shape index (κ1) is 55.8. The van der Waals surface area contributed by atoms with Gasteiger partial charge in [0.25, 0.3) is 11.4 Å². The van der Waals surface area contributed by atoms with Crippen molar-refractivity contribution in [2.75, 3.05) is 94.1 Å². The Hall–Kier alpha value is -6.29. The van der Waals surface area contributed by atoms with Gasteiger partial charge in [-0.1, -0.05) is 19.0 Å². The second-order valence-corrected chi connectivity index (χ2v) is 18.2. The third-order valence-corrected chi connectivity index (χ3v) is 9.14. The number of rotatable bonds is 4. The Kier molecular flexibility index (Phi) is 21.5. The van der Waals surface area contributed by atoms with Gasteiger partial charge in [0.1, 0.15) is 46.0 Å². The van der Waals surface area contributed by atoms with Crippen LogP contribution < -0.4 is 20.9 Å². The summed E-state index contributed by atoms with van der Waals surface area (Å²) < 4.78 is 15.9. The highest BCUT2D eigenvalue weighted by Gasteiger charge is 2.28. The van der Waals surface area contributed by atoms with E-state index in [4.69, 9.17) is 31.5 Å². The molecule has 3 amide bonds. The molecule has 0 aromatic carbocycles. The predicted octanol–water partition coefficient (Wildman–Crippen LogP) is 6.87. The molecule has 66 heavy (non-hydrogen) atoms. The van der Waals surface area contributed by atoms with Crippen molar-refractivity contribution in [1.29, 1.82) is 0 Å². The maximum atomic E-state index is 12.0. The van der Waals surface area contributed by atoms with Crippen LogP contribution >= 0.6 is 11.6 Å². The van der Waals surface area contributed by atoms with Crippen molar-refractivity contribution in [3.8, 4) is 0 Å². The Balaban J connectivity index is 0.000000313. The number of amides is 3. The number of aromatic nitrogens is 3. The number of nitrogen functional groups attached to an aromatic ring is 1. The Morgan fingerprint density at radius 2 is 0.924 bits per heavy atom. The topological polar surface area (TPSA) is 258 Å². The van der Waals surface area contributed by atoms with Gasteiger partial charge in [-0.3, -0.25) is 20.2 Å². The number of halogens is 1. The van der Waals surface area contributed by atoms with Crippen LogP contribution in [0.5, 0.6) is 0 Å². The van der Waals surface area contributed by atoms with E-state index >= 15 is 0 Å². The molecule has 3 fully saturated rings. The van der Waals surface area contributed by atoms with Crippen LogP contribution in [-0.4, -0.2) is 153 Å². The third kappa shape index (κ3) is 20.7. The van der Waals surface area contributed by atoms with Crippen LogP contribution in [-0.2, 0) is 14.2 Å². The minimum Gasteiger partial charge on any atom is -0.444 e. The summed E-state index contributed by atoms with van der Waals surface area (Å²) in [4.78, 5) is 76.3. The summed E-state index contributed by atoms with van der Waals surface area (Å²) in [5.74, 6) is 1.57. The van der Waals surface area contributed by atoms with Crippen LogP contribution in [0.25, 0.3) is 0 Å². The molecule has 3 saturated heterocycles. The number of carbonyl (C=O) groups is 3. The van der Waals surface area contributed by atoms with Gasteiger partial charge in [0, 0.05) is 90.7 Å². The first-order valence-electron chi connectivity index (χ1n) is 21.0. The fourth-order valence-corrected chi connectivity index (χ4v) is 5.91. The number of nitro groups is 2. The molecule has 6 rings (SSSR count). The van der Waals surface area contributed by atoms with Crippen molar-refractivity contribution >= 4 is 58.6 Å². The van der Waals surface area contributed by atoms with E-state index in [1.165, 1.54) is 24.4 Å². The second-order valence-electron chi connectivity index (χ2n) is 17.8. The fourth-order valence-electron chi connectivity index (χ4n) is 5.80. The van der Waals surface area contributed by atoms with Gasteiger partial charge in [-0.25, -0.2) is 29.3 Å². The Morgan fingerprint density at radius 1 is 0.576 bits per heavy atom. The van der Waals surface area contributed by atoms with E-state index in [1.807, 2.05) is 79.3 Å². The highest BCUT2D eigenvalue weighted by atomic mass is 35.5. The molecule has 3 aromatic rings. The van der Waals surface area contributed by atoms with E-state index in [9.17, 15) is 34.6 Å². The van der Waals surface area contributed by atoms with Crippen molar-refractivity contribution in [1.82, 2.24) is 35.0 Å². The van der Waals surface area contributed by atoms with Crippen molar-refractivity contribution in [3.63, 3.8) is 0 Å². The van der Waals surface area contributed by atoms with Crippen LogP contribution in [0.3, 0.4) is 0 Å². The highest BCUT2D eigenvalue weighted by Crippen LogP contribution is 2.20. The van der Waals surface area contributed by atoms with E-state index in [-0.39, 0.29) is 47.8 Å². The first-order valence-corrected chi connectivity index (χ1v) is 21.4. The van der Waals surface area contributed by atoms with Crippen molar-refractivity contribution < 1.29 is 38.4 Å². The molecule has 3 N–H and O–H groups in total. The minimum atomic E-state index is -0.524. The number of nitrogens with zero attached hydrogens (tertiary/aromatic N) is 10. The number of hydrogen-bond acceptors (Lipinski definition) is 17. The SMILES string of the molecule is C.CC(C)(C)OC(=O)N1CCN(c2ccc(N)cn2)CC1.CC(C)(C)OC(=O)N1CCN(c2ccc([N+](=O)[O-])cn2)CC1.CC(C)(C)OC(=O)N1CCNCC1.O=[N+]([O-])c1ccc(Cl)nc1. The van der Waals surface area contributed by atoms with Crippen LogP contribution in [0.15, 0.2) is 55.0 Å². The molecule has 3 aromatic heterocycles. The van der Waals surface area contributed by atoms with Gasteiger partial charge in [-0.2, -0.15) is 0 Å². The van der Waals surface area contributed by atoms with Gasteiger partial charge in [-0.15, -0.1) is 0 Å². The molecule has 0 saturated carbocycles. The number of nitrogens with one attached hydrogen (secondary N) is 1. The molecule has 0 atom stereocenters. The molecule has 366 valence electrons. The summed E-state index contributed by atoms with van der Waals surface area (Å²) >= 11 is 5.38. The number of pyridine rings is 3. The second kappa shape index (κ2) is 25.4. The molecule has 0 unspecified atom stereocenters. The number of nitrogens with two attached hydrogens (primary N) is 1. The van der Waals surface area contributed by atoms with Crippen molar-refractivity contribution in [2.45, 2.75) is 86.5 Å². The average Bonchev–Trinajstić information content (AvgIpc) is 3.23. The molecule has 0 bridgehead atoms. The summed E-state index contributed by atoms with van der Waals surface area (Å²) in [7, 11) is 0. The zero-order chi connectivity index (χ0) is 48.5. The van der Waals surface area contributed by atoms with E-state index in [0.29, 0.717) is 50.8 Å². The maximum absolute atomic E-state index is 12.0. The summed E-state index contributed by atoms with van der Waals surface area (Å²) in [5, 5.41) is 24.1. The van der Waals surface area contributed by atoms with Gasteiger partial charge in [0.15, 0.2) is 0 Å². The molecule has 0 aliphatic carbocycles. The average molecular weight is 948 g/mol. The molecule has 23 heteroatoms. The molecule has 3 aliphatic rings. The standard InChI is InChI=1S/C14H20N4O4.C14H22N4O2.C9H18N2O2.C5H3ClN2O2.CH4/c1-14(2,3)22-13(19)17-8-6-16(7-9-17)12-5-4-11(10-15-12)18(20)21;1-14(2,3)20-13(19)18-8-6-17(7-9-18)12-5-4-11(15)10-16-12;1-9(2,3)13-8(12)11-6-4-10-5-7-11;6-5-2-1-4(3-7-5)8(9)10;/h4-5,10H,6-9H2,1-3H3;4-5,10H,6-9,15H2,1-3H3;10H,4-7H2,1-3H3;1-3H;1H4. The molecule has 0 spiro atoms. The smallest absolute Gasteiger partial charge is 0.410 e. The summed E-state index contributed by atoms with van der Waals surface area (Å²) in [5.41, 5.74) is 4.85. The maximum Gasteiger partial charge on any atom is 0.410 e. The van der Waals surface area contributed by atoms with Crippen molar-refractivity contribution in [2.24, 2.45) is 0 Å². The minimum absolute atomic E-state index is 0. The fraction of sp³-hybridized carbons (Fsp3) is 0.581. The normalized spacial score (nSPS) is 15.2. The zero-order valence-corrected chi connectivity index (χ0v) is 39.4. The van der Waals surface area contributed by atoms with Gasteiger partial charge in [0.2, 0.25) is 0 Å².